The van der Waals surface area contributed by atoms with Gasteiger partial charge in [0.05, 0.1) is 5.92 Å². The van der Waals surface area contributed by atoms with E-state index in [1.54, 1.807) is 35.2 Å². The summed E-state index contributed by atoms with van der Waals surface area (Å²) < 4.78 is 5.42. The van der Waals surface area contributed by atoms with Crippen LogP contribution in [0.15, 0.2) is 61.2 Å². The minimum Gasteiger partial charge on any atom is -0.490 e. The number of aryl methyl sites for hydroxylation is 1. The summed E-state index contributed by atoms with van der Waals surface area (Å²) in [5.74, 6) is 0.185. The normalized spacial score (nSPS) is 16.4. The fraction of sp³-hybridized carbons (Fsp3) is 0.238. The van der Waals surface area contributed by atoms with Crippen molar-refractivity contribution in [3.05, 3.63) is 66.7 Å². The Morgan fingerprint density at radius 2 is 2.00 bits per heavy atom. The van der Waals surface area contributed by atoms with Crippen LogP contribution in [0.1, 0.15) is 12.0 Å². The molecule has 2 amide bonds. The molecule has 5 heteroatoms. The lowest BCUT2D eigenvalue weighted by molar-refractivity contribution is -0.122. The number of nitrogens with zero attached hydrogens (tertiary/aromatic N) is 1. The number of para-hydroxylation sites is 1. The molecule has 26 heavy (non-hydrogen) atoms. The molecule has 0 spiro atoms. The molecule has 0 unspecified atom stereocenters. The van der Waals surface area contributed by atoms with E-state index in [1.807, 2.05) is 31.2 Å². The second-order valence-electron chi connectivity index (χ2n) is 6.31. The molecule has 3 rings (SSSR count). The van der Waals surface area contributed by atoms with Gasteiger partial charge in [-0.1, -0.05) is 30.9 Å². The van der Waals surface area contributed by atoms with Crippen molar-refractivity contribution < 1.29 is 14.3 Å². The van der Waals surface area contributed by atoms with Gasteiger partial charge in [-0.3, -0.25) is 9.59 Å². The van der Waals surface area contributed by atoms with Crippen LogP contribution in [-0.4, -0.2) is 25.0 Å². The second kappa shape index (κ2) is 7.87. The van der Waals surface area contributed by atoms with Gasteiger partial charge >= 0.3 is 0 Å². The van der Waals surface area contributed by atoms with Crippen molar-refractivity contribution in [1.82, 2.24) is 0 Å². The molecular weight excluding hydrogens is 328 g/mol. The summed E-state index contributed by atoms with van der Waals surface area (Å²) in [6.45, 7) is 6.40. The number of anilines is 2. The Hall–Kier alpha value is -3.08. The summed E-state index contributed by atoms with van der Waals surface area (Å²) in [5.41, 5.74) is 2.58. The van der Waals surface area contributed by atoms with Crippen LogP contribution in [0.25, 0.3) is 0 Å². The van der Waals surface area contributed by atoms with E-state index in [2.05, 4.69) is 11.9 Å². The van der Waals surface area contributed by atoms with Gasteiger partial charge in [0.2, 0.25) is 11.8 Å². The molecule has 134 valence electrons. The lowest BCUT2D eigenvalue weighted by Crippen LogP contribution is -2.28. The molecule has 0 bridgehead atoms. The number of ether oxygens (including phenoxy) is 1. The van der Waals surface area contributed by atoms with Crippen LogP contribution in [0, 0.1) is 12.8 Å². The largest absolute Gasteiger partial charge is 0.490 e. The quantitative estimate of drug-likeness (QED) is 0.811. The van der Waals surface area contributed by atoms with Crippen LogP contribution < -0.4 is 15.0 Å². The molecular formula is C21H22N2O3. The molecule has 1 saturated heterocycles. The second-order valence-corrected chi connectivity index (χ2v) is 6.31. The maximum Gasteiger partial charge on any atom is 0.229 e. The predicted octanol–water partition coefficient (Wildman–Crippen LogP) is 3.55. The molecule has 1 fully saturated rings. The smallest absolute Gasteiger partial charge is 0.229 e. The minimum atomic E-state index is -0.362. The summed E-state index contributed by atoms with van der Waals surface area (Å²) in [6.07, 6.45) is 1.90. The number of amides is 2. The van der Waals surface area contributed by atoms with Crippen LogP contribution in [0.5, 0.6) is 5.75 Å². The fourth-order valence-electron chi connectivity index (χ4n) is 3.02. The van der Waals surface area contributed by atoms with E-state index in [-0.39, 0.29) is 24.2 Å². The highest BCUT2D eigenvalue weighted by molar-refractivity contribution is 6.03. The van der Waals surface area contributed by atoms with Gasteiger partial charge in [0.15, 0.2) is 0 Å². The highest BCUT2D eigenvalue weighted by Crippen LogP contribution is 2.28. The number of nitrogens with one attached hydrogen (secondary N) is 1. The third-order valence-corrected chi connectivity index (χ3v) is 4.39. The standard InChI is InChI=1S/C21H22N2O3/c1-3-12-26-18-10-8-17(9-11-18)22-21(25)16-13-20(24)23(14-16)19-7-5-4-6-15(19)2/h3-11,16H,1,12-14H2,2H3,(H,22,25)/t16-/m0/s1. The Bertz CT molecular complexity index is 814. The van der Waals surface area contributed by atoms with Crippen LogP contribution in [-0.2, 0) is 9.59 Å². The first-order chi connectivity index (χ1) is 12.6. The van der Waals surface area contributed by atoms with Gasteiger partial charge in [0.1, 0.15) is 12.4 Å². The molecule has 2 aromatic carbocycles. The molecule has 5 nitrogen and oxygen atoms in total. The Balaban J connectivity index is 1.63. The molecule has 0 aliphatic carbocycles. The summed E-state index contributed by atoms with van der Waals surface area (Å²) >= 11 is 0. The number of carbonyl (C=O) groups excluding carboxylic acids is 2. The minimum absolute atomic E-state index is 0.0207. The average Bonchev–Trinajstić information content (AvgIpc) is 3.03. The van der Waals surface area contributed by atoms with E-state index in [0.717, 1.165) is 11.3 Å². The molecule has 1 aliphatic rings. The average molecular weight is 350 g/mol. The van der Waals surface area contributed by atoms with E-state index in [0.29, 0.717) is 24.6 Å². The summed E-state index contributed by atoms with van der Waals surface area (Å²) in [4.78, 5) is 26.6. The van der Waals surface area contributed by atoms with Gasteiger partial charge in [-0.05, 0) is 42.8 Å². The van der Waals surface area contributed by atoms with Crippen molar-refractivity contribution >= 4 is 23.2 Å². The van der Waals surface area contributed by atoms with Gasteiger partial charge in [-0.25, -0.2) is 0 Å². The molecule has 0 radical (unpaired) electrons. The van der Waals surface area contributed by atoms with Crippen LogP contribution in [0.4, 0.5) is 11.4 Å². The zero-order valence-electron chi connectivity index (χ0n) is 14.8. The monoisotopic (exact) mass is 350 g/mol. The van der Waals surface area contributed by atoms with E-state index in [1.165, 1.54) is 0 Å². The highest BCUT2D eigenvalue weighted by atomic mass is 16.5. The summed E-state index contributed by atoms with van der Waals surface area (Å²) in [5, 5.41) is 2.88. The zero-order valence-corrected chi connectivity index (χ0v) is 14.8. The maximum atomic E-state index is 12.5. The Morgan fingerprint density at radius 3 is 2.69 bits per heavy atom. The van der Waals surface area contributed by atoms with Crippen molar-refractivity contribution in [2.75, 3.05) is 23.4 Å². The van der Waals surface area contributed by atoms with Crippen molar-refractivity contribution in [1.29, 1.82) is 0 Å². The first kappa shape index (κ1) is 17.7. The molecule has 1 heterocycles. The number of hydrogen-bond donors (Lipinski definition) is 1. The Kier molecular flexibility index (Phi) is 5.37. The van der Waals surface area contributed by atoms with Crippen molar-refractivity contribution in [2.24, 2.45) is 5.92 Å². The van der Waals surface area contributed by atoms with Gasteiger partial charge in [-0.15, -0.1) is 0 Å². The van der Waals surface area contributed by atoms with E-state index >= 15 is 0 Å². The van der Waals surface area contributed by atoms with E-state index in [4.69, 9.17) is 4.74 Å². The van der Waals surface area contributed by atoms with Gasteiger partial charge < -0.3 is 15.0 Å². The molecule has 1 N–H and O–H groups in total. The summed E-state index contributed by atoms with van der Waals surface area (Å²) in [6, 6.07) is 14.9. The fourth-order valence-corrected chi connectivity index (χ4v) is 3.02. The molecule has 0 saturated carbocycles. The maximum absolute atomic E-state index is 12.5. The lowest BCUT2D eigenvalue weighted by Gasteiger charge is -2.19. The highest BCUT2D eigenvalue weighted by Gasteiger charge is 2.35. The molecule has 1 atom stereocenters. The van der Waals surface area contributed by atoms with Crippen molar-refractivity contribution in [2.45, 2.75) is 13.3 Å². The van der Waals surface area contributed by atoms with E-state index < -0.39 is 0 Å². The van der Waals surface area contributed by atoms with Gasteiger partial charge in [0, 0.05) is 24.3 Å². The number of carbonyl (C=O) groups is 2. The summed E-state index contributed by atoms with van der Waals surface area (Å²) in [7, 11) is 0. The predicted molar refractivity (Wildman–Crippen MR) is 102 cm³/mol. The van der Waals surface area contributed by atoms with Gasteiger partial charge in [-0.2, -0.15) is 0 Å². The first-order valence-corrected chi connectivity index (χ1v) is 8.59. The molecule has 0 aromatic heterocycles. The van der Waals surface area contributed by atoms with Crippen LogP contribution >= 0.6 is 0 Å². The van der Waals surface area contributed by atoms with Crippen molar-refractivity contribution in [3.63, 3.8) is 0 Å². The zero-order chi connectivity index (χ0) is 18.5. The van der Waals surface area contributed by atoms with Crippen LogP contribution in [0.3, 0.4) is 0 Å². The van der Waals surface area contributed by atoms with Gasteiger partial charge in [0.25, 0.3) is 0 Å². The Morgan fingerprint density at radius 1 is 1.27 bits per heavy atom. The Labute approximate surface area is 153 Å². The topological polar surface area (TPSA) is 58.6 Å². The number of rotatable bonds is 6. The third kappa shape index (κ3) is 3.94. The number of hydrogen-bond acceptors (Lipinski definition) is 3. The third-order valence-electron chi connectivity index (χ3n) is 4.39. The molecule has 2 aromatic rings. The number of benzene rings is 2. The lowest BCUT2D eigenvalue weighted by atomic mass is 10.1. The SMILES string of the molecule is C=CCOc1ccc(NC(=O)[C@H]2CC(=O)N(c3ccccc3C)C2)cc1. The first-order valence-electron chi connectivity index (χ1n) is 8.59. The van der Waals surface area contributed by atoms with E-state index in [9.17, 15) is 9.59 Å². The van der Waals surface area contributed by atoms with Crippen molar-refractivity contribution in [3.8, 4) is 5.75 Å². The van der Waals surface area contributed by atoms with Crippen LogP contribution in [0.2, 0.25) is 0 Å². The molecule has 1 aliphatic heterocycles.